The van der Waals surface area contributed by atoms with Gasteiger partial charge in [0.2, 0.25) is 0 Å². The fourth-order valence-corrected chi connectivity index (χ4v) is 6.09. The first kappa shape index (κ1) is 30.9. The lowest BCUT2D eigenvalue weighted by Gasteiger charge is -2.25. The van der Waals surface area contributed by atoms with E-state index in [2.05, 4.69) is 4.99 Å². The molecule has 2 heterocycles. The molecule has 0 spiro atoms. The summed E-state index contributed by atoms with van der Waals surface area (Å²) in [5.74, 6) is 1.53. The molecule has 0 bridgehead atoms. The van der Waals surface area contributed by atoms with Crippen molar-refractivity contribution < 1.29 is 28.5 Å². The van der Waals surface area contributed by atoms with Crippen LogP contribution in [0.1, 0.15) is 36.6 Å². The standard InChI is InChI=1S/C33H31ClN2O7S/c1-6-42-32(38)29-19(2)35-33-36(30(29)22-10-14-24(39-3)27(17-22)41-5)31(37)28(44-33)16-21-9-13-25(26(15-21)40-4)43-18-20-7-11-23(34)12-8-20/h7-17,30H,6,18H2,1-5H3/b28-16-/t30-/m0/s1. The van der Waals surface area contributed by atoms with Crippen LogP contribution in [0.25, 0.3) is 6.08 Å². The van der Waals surface area contributed by atoms with Crippen LogP contribution in [-0.4, -0.2) is 38.5 Å². The Balaban J connectivity index is 1.56. The number of benzene rings is 3. The first-order valence-corrected chi connectivity index (χ1v) is 14.9. The maximum Gasteiger partial charge on any atom is 0.338 e. The predicted octanol–water partition coefficient (Wildman–Crippen LogP) is 5.06. The second-order valence-electron chi connectivity index (χ2n) is 9.74. The van der Waals surface area contributed by atoms with Crippen molar-refractivity contribution in [3.05, 3.63) is 113 Å². The van der Waals surface area contributed by atoms with E-state index in [1.54, 1.807) is 64.5 Å². The van der Waals surface area contributed by atoms with E-state index in [1.165, 1.54) is 23.0 Å². The molecule has 4 aromatic rings. The van der Waals surface area contributed by atoms with Gasteiger partial charge in [0, 0.05) is 5.02 Å². The highest BCUT2D eigenvalue weighted by atomic mass is 35.5. The molecule has 1 aliphatic heterocycles. The fraction of sp³-hybridized carbons (Fsp3) is 0.242. The number of methoxy groups -OCH3 is 3. The largest absolute Gasteiger partial charge is 0.493 e. The van der Waals surface area contributed by atoms with E-state index in [0.29, 0.717) is 55.2 Å². The second-order valence-corrected chi connectivity index (χ2v) is 11.2. The highest BCUT2D eigenvalue weighted by Gasteiger charge is 2.34. The van der Waals surface area contributed by atoms with Gasteiger partial charge in [-0.05, 0) is 73.0 Å². The van der Waals surface area contributed by atoms with Crippen LogP contribution in [0.5, 0.6) is 23.0 Å². The minimum Gasteiger partial charge on any atom is -0.493 e. The highest BCUT2D eigenvalue weighted by molar-refractivity contribution is 7.07. The van der Waals surface area contributed by atoms with Gasteiger partial charge in [-0.15, -0.1) is 0 Å². The molecular formula is C33H31ClN2O7S. The number of halogens is 1. The average Bonchev–Trinajstić information content (AvgIpc) is 3.33. The van der Waals surface area contributed by atoms with Gasteiger partial charge in [0.1, 0.15) is 6.61 Å². The number of carbonyl (C=O) groups excluding carboxylic acids is 1. The lowest BCUT2D eigenvalue weighted by Crippen LogP contribution is -2.39. The van der Waals surface area contributed by atoms with Crippen LogP contribution in [0.4, 0.5) is 0 Å². The minimum absolute atomic E-state index is 0.180. The third kappa shape index (κ3) is 6.22. The zero-order valence-corrected chi connectivity index (χ0v) is 26.5. The Labute approximate surface area is 263 Å². The number of allylic oxidation sites excluding steroid dienone is 1. The molecule has 5 rings (SSSR count). The lowest BCUT2D eigenvalue weighted by atomic mass is 9.95. The van der Waals surface area contributed by atoms with Crippen molar-refractivity contribution in [2.75, 3.05) is 27.9 Å². The monoisotopic (exact) mass is 634 g/mol. The summed E-state index contributed by atoms with van der Waals surface area (Å²) < 4.78 is 29.8. The molecule has 3 aromatic carbocycles. The molecule has 228 valence electrons. The van der Waals surface area contributed by atoms with Crippen molar-refractivity contribution in [1.29, 1.82) is 0 Å². The van der Waals surface area contributed by atoms with E-state index >= 15 is 0 Å². The summed E-state index contributed by atoms with van der Waals surface area (Å²) in [6.07, 6.45) is 1.77. The quantitative estimate of drug-likeness (QED) is 0.225. The molecular weight excluding hydrogens is 604 g/mol. The van der Waals surface area contributed by atoms with Gasteiger partial charge in [0.05, 0.1) is 49.8 Å². The van der Waals surface area contributed by atoms with Crippen LogP contribution in [0, 0.1) is 0 Å². The van der Waals surface area contributed by atoms with E-state index in [-0.39, 0.29) is 17.7 Å². The number of thiazole rings is 1. The molecule has 0 unspecified atom stereocenters. The number of carbonyl (C=O) groups is 1. The summed E-state index contributed by atoms with van der Waals surface area (Å²) in [5, 5.41) is 0.656. The number of fused-ring (bicyclic) bond motifs is 1. The molecule has 1 atom stereocenters. The second kappa shape index (κ2) is 13.4. The third-order valence-electron chi connectivity index (χ3n) is 7.03. The summed E-state index contributed by atoms with van der Waals surface area (Å²) in [7, 11) is 4.63. The van der Waals surface area contributed by atoms with Gasteiger partial charge in [-0.1, -0.05) is 47.2 Å². The fourth-order valence-electron chi connectivity index (χ4n) is 4.92. The van der Waals surface area contributed by atoms with Crippen LogP contribution >= 0.6 is 22.9 Å². The molecule has 0 N–H and O–H groups in total. The number of aromatic nitrogens is 1. The first-order valence-electron chi connectivity index (χ1n) is 13.7. The third-order valence-corrected chi connectivity index (χ3v) is 8.27. The first-order chi connectivity index (χ1) is 21.3. The smallest absolute Gasteiger partial charge is 0.338 e. The Bertz CT molecular complexity index is 1910. The summed E-state index contributed by atoms with van der Waals surface area (Å²) in [5.41, 5.74) is 2.79. The van der Waals surface area contributed by atoms with E-state index in [9.17, 15) is 9.59 Å². The van der Waals surface area contributed by atoms with Crippen molar-refractivity contribution >= 4 is 35.0 Å². The Hall–Kier alpha value is -4.54. The van der Waals surface area contributed by atoms with Gasteiger partial charge in [0.25, 0.3) is 5.56 Å². The number of esters is 1. The van der Waals surface area contributed by atoms with Crippen LogP contribution in [-0.2, 0) is 16.1 Å². The van der Waals surface area contributed by atoms with Gasteiger partial charge >= 0.3 is 5.97 Å². The predicted molar refractivity (Wildman–Crippen MR) is 169 cm³/mol. The summed E-state index contributed by atoms with van der Waals surface area (Å²) in [4.78, 5) is 32.3. The Morgan fingerprint density at radius 1 is 0.955 bits per heavy atom. The Morgan fingerprint density at radius 3 is 2.32 bits per heavy atom. The number of rotatable bonds is 10. The van der Waals surface area contributed by atoms with Crippen LogP contribution in [0.3, 0.4) is 0 Å². The molecule has 0 fully saturated rings. The Morgan fingerprint density at radius 2 is 1.64 bits per heavy atom. The molecule has 0 radical (unpaired) electrons. The number of hydrogen-bond donors (Lipinski definition) is 0. The van der Waals surface area contributed by atoms with Crippen molar-refractivity contribution in [2.45, 2.75) is 26.5 Å². The van der Waals surface area contributed by atoms with E-state index in [1.807, 2.05) is 30.3 Å². The van der Waals surface area contributed by atoms with E-state index < -0.39 is 12.0 Å². The van der Waals surface area contributed by atoms with Crippen LogP contribution in [0.2, 0.25) is 5.02 Å². The average molecular weight is 635 g/mol. The van der Waals surface area contributed by atoms with Gasteiger partial charge in [-0.2, -0.15) is 0 Å². The normalized spacial score (nSPS) is 14.5. The molecule has 0 saturated heterocycles. The van der Waals surface area contributed by atoms with E-state index in [4.69, 9.17) is 35.3 Å². The minimum atomic E-state index is -0.787. The lowest BCUT2D eigenvalue weighted by molar-refractivity contribution is -0.139. The van der Waals surface area contributed by atoms with Crippen molar-refractivity contribution in [1.82, 2.24) is 4.57 Å². The van der Waals surface area contributed by atoms with Gasteiger partial charge < -0.3 is 23.7 Å². The molecule has 0 aliphatic carbocycles. The maximum absolute atomic E-state index is 14.0. The molecule has 44 heavy (non-hydrogen) atoms. The number of nitrogens with zero attached hydrogens (tertiary/aromatic N) is 2. The van der Waals surface area contributed by atoms with Crippen molar-refractivity contribution in [3.63, 3.8) is 0 Å². The van der Waals surface area contributed by atoms with Gasteiger partial charge in [-0.3, -0.25) is 9.36 Å². The molecule has 9 nitrogen and oxygen atoms in total. The number of hydrogen-bond acceptors (Lipinski definition) is 9. The molecule has 0 saturated carbocycles. The van der Waals surface area contributed by atoms with Crippen LogP contribution < -0.4 is 33.8 Å². The Kier molecular flexibility index (Phi) is 9.41. The molecule has 0 amide bonds. The molecule has 11 heteroatoms. The maximum atomic E-state index is 14.0. The number of ether oxygens (including phenoxy) is 5. The topological polar surface area (TPSA) is 97.6 Å². The summed E-state index contributed by atoms with van der Waals surface area (Å²) in [6.45, 7) is 3.99. The van der Waals surface area contributed by atoms with Crippen LogP contribution in [0.15, 0.2) is 81.7 Å². The SMILES string of the molecule is CCOC(=O)C1=C(C)N=c2s/c(=C\c3ccc(OCc4ccc(Cl)cc4)c(OC)c3)c(=O)n2[C@H]1c1ccc(OC)c(OC)c1. The van der Waals surface area contributed by atoms with Crippen molar-refractivity contribution in [2.24, 2.45) is 4.99 Å². The highest BCUT2D eigenvalue weighted by Crippen LogP contribution is 2.36. The molecule has 1 aromatic heterocycles. The van der Waals surface area contributed by atoms with Gasteiger partial charge in [-0.25, -0.2) is 9.79 Å². The zero-order valence-electron chi connectivity index (χ0n) is 24.9. The molecule has 1 aliphatic rings. The van der Waals surface area contributed by atoms with Gasteiger partial charge in [0.15, 0.2) is 27.8 Å². The van der Waals surface area contributed by atoms with Crippen molar-refractivity contribution in [3.8, 4) is 23.0 Å². The summed E-state index contributed by atoms with van der Waals surface area (Å²) >= 11 is 7.22. The van der Waals surface area contributed by atoms with E-state index in [0.717, 1.165) is 11.1 Å². The zero-order chi connectivity index (χ0) is 31.4. The summed E-state index contributed by atoms with van der Waals surface area (Å²) in [6, 6.07) is 17.4.